The van der Waals surface area contributed by atoms with Gasteiger partial charge in [-0.1, -0.05) is 17.7 Å². The molecule has 0 spiro atoms. The molecule has 1 aromatic heterocycles. The maximum absolute atomic E-state index is 5.47. The van der Waals surface area contributed by atoms with Crippen LogP contribution >= 0.6 is 27.3 Å². The Morgan fingerprint density at radius 3 is 2.55 bits per heavy atom. The Bertz CT molecular complexity index is 582. The number of nitrogens with one attached hydrogen (secondary N) is 1. The summed E-state index contributed by atoms with van der Waals surface area (Å²) in [6.45, 7) is 6.48. The van der Waals surface area contributed by atoms with Crippen molar-refractivity contribution in [2.24, 2.45) is 0 Å². The summed E-state index contributed by atoms with van der Waals surface area (Å²) in [5.41, 5.74) is 2.45. The molecule has 108 valence electrons. The highest BCUT2D eigenvalue weighted by atomic mass is 79.9. The molecule has 20 heavy (non-hydrogen) atoms. The number of hydrogen-bond acceptors (Lipinski definition) is 3. The number of rotatable bonds is 5. The molecule has 0 aliphatic rings. The standard InChI is InChI=1S/C16H20BrNOS/c1-10-5-6-15(19-4)14(7-10)11(2)18-12(3)16-8-13(17)9-20-16/h5-9,11-12,18H,1-4H3. The maximum Gasteiger partial charge on any atom is 0.123 e. The number of halogens is 1. The molecule has 0 radical (unpaired) electrons. The third-order valence-electron chi connectivity index (χ3n) is 3.37. The van der Waals surface area contributed by atoms with Crippen molar-refractivity contribution in [3.8, 4) is 5.75 Å². The van der Waals surface area contributed by atoms with Crippen molar-refractivity contribution >= 4 is 27.3 Å². The van der Waals surface area contributed by atoms with Gasteiger partial charge in [0.15, 0.2) is 0 Å². The second kappa shape index (κ2) is 6.74. The molecule has 4 heteroatoms. The topological polar surface area (TPSA) is 21.3 Å². The lowest BCUT2D eigenvalue weighted by atomic mass is 10.0. The summed E-state index contributed by atoms with van der Waals surface area (Å²) >= 11 is 5.27. The van der Waals surface area contributed by atoms with Gasteiger partial charge in [0.05, 0.1) is 7.11 Å². The van der Waals surface area contributed by atoms with Crippen LogP contribution < -0.4 is 10.1 Å². The number of aryl methyl sites for hydroxylation is 1. The van der Waals surface area contributed by atoms with Crippen LogP contribution in [0.1, 0.15) is 41.9 Å². The van der Waals surface area contributed by atoms with E-state index in [4.69, 9.17) is 4.74 Å². The van der Waals surface area contributed by atoms with Crippen molar-refractivity contribution in [3.63, 3.8) is 0 Å². The fourth-order valence-corrected chi connectivity index (χ4v) is 3.76. The third kappa shape index (κ3) is 3.62. The van der Waals surface area contributed by atoms with Crippen LogP contribution in [0.2, 0.25) is 0 Å². The highest BCUT2D eigenvalue weighted by Gasteiger charge is 2.16. The SMILES string of the molecule is COc1ccc(C)cc1C(C)NC(C)c1cc(Br)cs1. The monoisotopic (exact) mass is 353 g/mol. The third-order valence-corrected chi connectivity index (χ3v) is 5.24. The molecule has 0 amide bonds. The summed E-state index contributed by atoms with van der Waals surface area (Å²) in [4.78, 5) is 1.33. The van der Waals surface area contributed by atoms with Crippen molar-refractivity contribution < 1.29 is 4.74 Å². The molecule has 0 saturated heterocycles. The first-order valence-electron chi connectivity index (χ1n) is 6.65. The number of ether oxygens (including phenoxy) is 1. The molecule has 2 nitrogen and oxygen atoms in total. The summed E-state index contributed by atoms with van der Waals surface area (Å²) in [6.07, 6.45) is 0. The molecule has 2 aromatic rings. The van der Waals surface area contributed by atoms with Gasteiger partial charge in [0.25, 0.3) is 0 Å². The van der Waals surface area contributed by atoms with Crippen molar-refractivity contribution in [1.82, 2.24) is 5.32 Å². The lowest BCUT2D eigenvalue weighted by molar-refractivity contribution is 0.397. The van der Waals surface area contributed by atoms with E-state index in [1.54, 1.807) is 18.4 Å². The Morgan fingerprint density at radius 1 is 1.20 bits per heavy atom. The van der Waals surface area contributed by atoms with Gasteiger partial charge in [0.2, 0.25) is 0 Å². The minimum atomic E-state index is 0.237. The van der Waals surface area contributed by atoms with Gasteiger partial charge in [-0.05, 0) is 48.8 Å². The van der Waals surface area contributed by atoms with E-state index in [0.717, 1.165) is 10.2 Å². The Kier molecular flexibility index (Phi) is 5.24. The smallest absolute Gasteiger partial charge is 0.123 e. The molecule has 0 bridgehead atoms. The molecule has 0 fully saturated rings. The Labute approximate surface area is 133 Å². The molecule has 2 atom stereocenters. The molecule has 0 aliphatic carbocycles. The zero-order valence-corrected chi connectivity index (χ0v) is 14.6. The highest BCUT2D eigenvalue weighted by Crippen LogP contribution is 2.30. The van der Waals surface area contributed by atoms with Crippen molar-refractivity contribution in [2.75, 3.05) is 7.11 Å². The van der Waals surface area contributed by atoms with E-state index in [9.17, 15) is 0 Å². The molecule has 0 aliphatic heterocycles. The molecular weight excluding hydrogens is 334 g/mol. The average Bonchev–Trinajstić information content (AvgIpc) is 2.85. The highest BCUT2D eigenvalue weighted by molar-refractivity contribution is 9.10. The Morgan fingerprint density at radius 2 is 1.95 bits per heavy atom. The zero-order chi connectivity index (χ0) is 14.7. The molecular formula is C16H20BrNOS. The average molecular weight is 354 g/mol. The summed E-state index contributed by atoms with van der Waals surface area (Å²) < 4.78 is 6.61. The molecule has 2 unspecified atom stereocenters. The van der Waals surface area contributed by atoms with Crippen LogP contribution in [0.15, 0.2) is 34.1 Å². The lowest BCUT2D eigenvalue weighted by Crippen LogP contribution is -2.22. The van der Waals surface area contributed by atoms with Crippen molar-refractivity contribution in [2.45, 2.75) is 32.9 Å². The van der Waals surface area contributed by atoms with Gasteiger partial charge in [-0.2, -0.15) is 0 Å². The summed E-state index contributed by atoms with van der Waals surface area (Å²) in [7, 11) is 1.72. The van der Waals surface area contributed by atoms with Crippen LogP contribution in [0, 0.1) is 6.92 Å². The molecule has 2 rings (SSSR count). The Balaban J connectivity index is 2.15. The van der Waals surface area contributed by atoms with Crippen LogP contribution in [0.4, 0.5) is 0 Å². The second-order valence-electron chi connectivity index (χ2n) is 5.02. The predicted octanol–water partition coefficient (Wildman–Crippen LogP) is 5.24. The largest absolute Gasteiger partial charge is 0.496 e. The van der Waals surface area contributed by atoms with Crippen molar-refractivity contribution in [1.29, 1.82) is 0 Å². The zero-order valence-electron chi connectivity index (χ0n) is 12.2. The van der Waals surface area contributed by atoms with Gasteiger partial charge in [-0.25, -0.2) is 0 Å². The van der Waals surface area contributed by atoms with E-state index in [2.05, 4.69) is 65.6 Å². The van der Waals surface area contributed by atoms with Gasteiger partial charge >= 0.3 is 0 Å². The molecule has 1 N–H and O–H groups in total. The van der Waals surface area contributed by atoms with Crippen LogP contribution in [0.3, 0.4) is 0 Å². The van der Waals surface area contributed by atoms with Crippen LogP contribution in [-0.4, -0.2) is 7.11 Å². The summed E-state index contributed by atoms with van der Waals surface area (Å²) in [5, 5.41) is 5.75. The van der Waals surface area contributed by atoms with E-state index >= 15 is 0 Å². The lowest BCUT2D eigenvalue weighted by Gasteiger charge is -2.21. The van der Waals surface area contributed by atoms with Crippen LogP contribution in [0.5, 0.6) is 5.75 Å². The predicted molar refractivity (Wildman–Crippen MR) is 89.7 cm³/mol. The summed E-state index contributed by atoms with van der Waals surface area (Å²) in [6, 6.07) is 9.02. The minimum absolute atomic E-state index is 0.237. The number of benzene rings is 1. The van der Waals surface area contributed by atoms with Gasteiger partial charge < -0.3 is 10.1 Å². The van der Waals surface area contributed by atoms with E-state index in [-0.39, 0.29) is 6.04 Å². The van der Waals surface area contributed by atoms with E-state index in [1.165, 1.54) is 16.0 Å². The first kappa shape index (κ1) is 15.5. The summed E-state index contributed by atoms with van der Waals surface area (Å²) in [5.74, 6) is 0.940. The Hall–Kier alpha value is -0.840. The number of hydrogen-bond donors (Lipinski definition) is 1. The van der Waals surface area contributed by atoms with Crippen LogP contribution in [-0.2, 0) is 0 Å². The molecule has 1 heterocycles. The fourth-order valence-electron chi connectivity index (χ4n) is 2.29. The maximum atomic E-state index is 5.47. The van der Waals surface area contributed by atoms with Crippen molar-refractivity contribution in [3.05, 3.63) is 50.1 Å². The normalized spacial score (nSPS) is 14.1. The number of thiophene rings is 1. The molecule has 1 aromatic carbocycles. The van der Waals surface area contributed by atoms with E-state index in [1.807, 2.05) is 6.07 Å². The van der Waals surface area contributed by atoms with Crippen LogP contribution in [0.25, 0.3) is 0 Å². The van der Waals surface area contributed by atoms with Gasteiger partial charge in [-0.3, -0.25) is 0 Å². The first-order chi connectivity index (χ1) is 9.51. The minimum Gasteiger partial charge on any atom is -0.496 e. The van der Waals surface area contributed by atoms with Gasteiger partial charge in [-0.15, -0.1) is 11.3 Å². The van der Waals surface area contributed by atoms with Gasteiger partial charge in [0.1, 0.15) is 5.75 Å². The molecule has 0 saturated carbocycles. The fraction of sp³-hybridized carbons (Fsp3) is 0.375. The first-order valence-corrected chi connectivity index (χ1v) is 8.33. The second-order valence-corrected chi connectivity index (χ2v) is 6.88. The quantitative estimate of drug-likeness (QED) is 0.793. The van der Waals surface area contributed by atoms with E-state index in [0.29, 0.717) is 6.04 Å². The number of methoxy groups -OCH3 is 1. The van der Waals surface area contributed by atoms with Gasteiger partial charge in [0, 0.05) is 32.4 Å². The van der Waals surface area contributed by atoms with E-state index < -0.39 is 0 Å².